The van der Waals surface area contributed by atoms with Gasteiger partial charge in [-0.25, -0.2) is 0 Å². The molecule has 0 saturated carbocycles. The van der Waals surface area contributed by atoms with E-state index in [0.29, 0.717) is 13.0 Å². The number of halogens is 1. The number of aliphatic carboxylic acids is 1. The number of hydrogen-bond acceptors (Lipinski definition) is 2. The summed E-state index contributed by atoms with van der Waals surface area (Å²) in [5.74, 6) is -0.156. The zero-order valence-corrected chi connectivity index (χ0v) is 11.2. The molecule has 1 unspecified atom stereocenters. The summed E-state index contributed by atoms with van der Waals surface area (Å²) in [4.78, 5) is 11.0. The number of carbonyl (C=O) groups is 1. The lowest BCUT2D eigenvalue weighted by molar-refractivity contribution is -0.145. The minimum atomic E-state index is -0.935. The zero-order valence-electron chi connectivity index (χ0n) is 9.65. The second kappa shape index (κ2) is 5.87. The van der Waals surface area contributed by atoms with Gasteiger partial charge in [0.1, 0.15) is 5.75 Å². The molecular formula is C13H15BrO3. The number of ether oxygens (including phenoxy) is 1. The van der Waals surface area contributed by atoms with E-state index in [0.717, 1.165) is 10.2 Å². The smallest absolute Gasteiger partial charge is 0.313 e. The summed E-state index contributed by atoms with van der Waals surface area (Å²) >= 11 is 3.33. The van der Waals surface area contributed by atoms with Gasteiger partial charge in [-0.15, -0.1) is 6.58 Å². The molecule has 1 aromatic rings. The van der Waals surface area contributed by atoms with Gasteiger partial charge in [-0.3, -0.25) is 4.79 Å². The lowest BCUT2D eigenvalue weighted by Gasteiger charge is -2.20. The molecule has 3 nitrogen and oxygen atoms in total. The summed E-state index contributed by atoms with van der Waals surface area (Å²) in [5, 5.41) is 9.03. The van der Waals surface area contributed by atoms with Crippen LogP contribution in [0, 0.1) is 5.41 Å². The molecule has 4 heteroatoms. The standard InChI is InChI=1S/C13H15BrO3/c1-3-13(2,12(15)16)8-9-17-11-6-4-10(14)5-7-11/h3-7H,1,8-9H2,2H3,(H,15,16). The second-order valence-electron chi connectivity index (χ2n) is 3.98. The number of carboxylic acids is 1. The molecule has 0 bridgehead atoms. The van der Waals surface area contributed by atoms with E-state index in [1.54, 1.807) is 6.92 Å². The Hall–Kier alpha value is -1.29. The largest absolute Gasteiger partial charge is 0.494 e. The van der Waals surface area contributed by atoms with Crippen LogP contribution < -0.4 is 4.74 Å². The maximum absolute atomic E-state index is 11.0. The van der Waals surface area contributed by atoms with Crippen LogP contribution in [0.15, 0.2) is 41.4 Å². The van der Waals surface area contributed by atoms with Gasteiger partial charge in [0.25, 0.3) is 0 Å². The lowest BCUT2D eigenvalue weighted by atomic mass is 9.88. The van der Waals surface area contributed by atoms with Crippen LogP contribution in [-0.2, 0) is 4.79 Å². The zero-order chi connectivity index (χ0) is 12.9. The van der Waals surface area contributed by atoms with Crippen molar-refractivity contribution in [2.75, 3.05) is 6.61 Å². The summed E-state index contributed by atoms with van der Waals surface area (Å²) in [7, 11) is 0. The molecule has 0 fully saturated rings. The third kappa shape index (κ3) is 3.89. The van der Waals surface area contributed by atoms with E-state index in [1.165, 1.54) is 6.08 Å². The predicted octanol–water partition coefficient (Wildman–Crippen LogP) is 3.49. The third-order valence-electron chi connectivity index (χ3n) is 2.64. The van der Waals surface area contributed by atoms with Gasteiger partial charge in [0, 0.05) is 10.9 Å². The van der Waals surface area contributed by atoms with Crippen molar-refractivity contribution >= 4 is 21.9 Å². The Balaban J connectivity index is 2.49. The van der Waals surface area contributed by atoms with E-state index >= 15 is 0 Å². The quantitative estimate of drug-likeness (QED) is 0.818. The van der Waals surface area contributed by atoms with E-state index in [4.69, 9.17) is 9.84 Å². The van der Waals surface area contributed by atoms with Gasteiger partial charge in [-0.2, -0.15) is 0 Å². The van der Waals surface area contributed by atoms with Crippen molar-refractivity contribution < 1.29 is 14.6 Å². The van der Waals surface area contributed by atoms with Crippen LogP contribution in [-0.4, -0.2) is 17.7 Å². The maximum Gasteiger partial charge on any atom is 0.313 e. The minimum Gasteiger partial charge on any atom is -0.494 e. The minimum absolute atomic E-state index is 0.344. The Kier molecular flexibility index (Phi) is 4.75. The molecule has 0 saturated heterocycles. The summed E-state index contributed by atoms with van der Waals surface area (Å²) in [5.41, 5.74) is -0.935. The molecule has 1 N–H and O–H groups in total. The first-order valence-electron chi connectivity index (χ1n) is 5.23. The Morgan fingerprint density at radius 2 is 2.12 bits per heavy atom. The molecule has 0 aliphatic carbocycles. The van der Waals surface area contributed by atoms with Crippen LogP contribution in [0.5, 0.6) is 5.75 Å². The van der Waals surface area contributed by atoms with Gasteiger partial charge >= 0.3 is 5.97 Å². The Bertz CT molecular complexity index is 400. The molecule has 92 valence electrons. The normalized spacial score (nSPS) is 13.8. The van der Waals surface area contributed by atoms with Crippen molar-refractivity contribution in [2.45, 2.75) is 13.3 Å². The van der Waals surface area contributed by atoms with Crippen LogP contribution in [0.25, 0.3) is 0 Å². The van der Waals surface area contributed by atoms with Crippen LogP contribution in [0.3, 0.4) is 0 Å². The highest BCUT2D eigenvalue weighted by Crippen LogP contribution is 2.24. The van der Waals surface area contributed by atoms with Crippen molar-refractivity contribution in [1.29, 1.82) is 0 Å². The molecule has 0 aliphatic rings. The predicted molar refractivity (Wildman–Crippen MR) is 70.2 cm³/mol. The van der Waals surface area contributed by atoms with Crippen LogP contribution in [0.2, 0.25) is 0 Å². The molecule has 1 aromatic carbocycles. The molecular weight excluding hydrogens is 284 g/mol. The molecule has 0 aliphatic heterocycles. The van der Waals surface area contributed by atoms with Gasteiger partial charge in [0.15, 0.2) is 0 Å². The molecule has 0 amide bonds. The van der Waals surface area contributed by atoms with E-state index in [2.05, 4.69) is 22.5 Å². The molecule has 0 spiro atoms. The monoisotopic (exact) mass is 298 g/mol. The van der Waals surface area contributed by atoms with Crippen LogP contribution in [0.1, 0.15) is 13.3 Å². The number of carboxylic acid groups (broad SMARTS) is 1. The highest BCUT2D eigenvalue weighted by Gasteiger charge is 2.29. The SMILES string of the molecule is C=CC(C)(CCOc1ccc(Br)cc1)C(=O)O. The second-order valence-corrected chi connectivity index (χ2v) is 4.89. The van der Waals surface area contributed by atoms with Crippen LogP contribution in [0.4, 0.5) is 0 Å². The van der Waals surface area contributed by atoms with Crippen molar-refractivity contribution in [3.63, 3.8) is 0 Å². The first kappa shape index (κ1) is 13.8. The Morgan fingerprint density at radius 1 is 1.53 bits per heavy atom. The molecule has 0 heterocycles. The first-order chi connectivity index (χ1) is 7.98. The van der Waals surface area contributed by atoms with Gasteiger partial charge in [0.05, 0.1) is 12.0 Å². The van der Waals surface area contributed by atoms with E-state index in [9.17, 15) is 4.79 Å². The Labute approximate surface area is 109 Å². The van der Waals surface area contributed by atoms with Gasteiger partial charge in [0.2, 0.25) is 0 Å². The fourth-order valence-corrected chi connectivity index (χ4v) is 1.47. The number of hydrogen-bond donors (Lipinski definition) is 1. The highest BCUT2D eigenvalue weighted by atomic mass is 79.9. The summed E-state index contributed by atoms with van der Waals surface area (Å²) in [6.45, 7) is 5.52. The van der Waals surface area contributed by atoms with Crippen molar-refractivity contribution in [2.24, 2.45) is 5.41 Å². The summed E-state index contributed by atoms with van der Waals surface area (Å²) in [6.07, 6.45) is 1.84. The number of rotatable bonds is 6. The summed E-state index contributed by atoms with van der Waals surface area (Å²) in [6, 6.07) is 7.41. The van der Waals surface area contributed by atoms with Gasteiger partial charge in [-0.1, -0.05) is 22.0 Å². The van der Waals surface area contributed by atoms with Gasteiger partial charge in [-0.05, 0) is 31.2 Å². The average Bonchev–Trinajstić information content (AvgIpc) is 2.31. The number of benzene rings is 1. The first-order valence-corrected chi connectivity index (χ1v) is 6.02. The lowest BCUT2D eigenvalue weighted by Crippen LogP contribution is -2.27. The van der Waals surface area contributed by atoms with E-state index in [-0.39, 0.29) is 0 Å². The molecule has 17 heavy (non-hydrogen) atoms. The molecule has 1 rings (SSSR count). The molecule has 0 aromatic heterocycles. The molecule has 0 radical (unpaired) electrons. The van der Waals surface area contributed by atoms with Gasteiger partial charge < -0.3 is 9.84 Å². The van der Waals surface area contributed by atoms with Crippen molar-refractivity contribution in [1.82, 2.24) is 0 Å². The fourth-order valence-electron chi connectivity index (χ4n) is 1.21. The topological polar surface area (TPSA) is 46.5 Å². The molecule has 1 atom stereocenters. The third-order valence-corrected chi connectivity index (χ3v) is 3.17. The highest BCUT2D eigenvalue weighted by molar-refractivity contribution is 9.10. The van der Waals surface area contributed by atoms with Crippen LogP contribution >= 0.6 is 15.9 Å². The Morgan fingerprint density at radius 3 is 2.59 bits per heavy atom. The van der Waals surface area contributed by atoms with E-state index in [1.807, 2.05) is 24.3 Å². The maximum atomic E-state index is 11.0. The van der Waals surface area contributed by atoms with Crippen molar-refractivity contribution in [3.05, 3.63) is 41.4 Å². The summed E-state index contributed by atoms with van der Waals surface area (Å²) < 4.78 is 6.45. The fraction of sp³-hybridized carbons (Fsp3) is 0.308. The van der Waals surface area contributed by atoms with E-state index < -0.39 is 11.4 Å². The van der Waals surface area contributed by atoms with Crippen molar-refractivity contribution in [3.8, 4) is 5.75 Å². The average molecular weight is 299 g/mol.